The van der Waals surface area contributed by atoms with Crippen LogP contribution in [0.5, 0.6) is 0 Å². The fourth-order valence-electron chi connectivity index (χ4n) is 3.48. The number of halogens is 1. The highest BCUT2D eigenvalue weighted by Gasteiger charge is 2.32. The van der Waals surface area contributed by atoms with Gasteiger partial charge in [0, 0.05) is 13.1 Å². The summed E-state index contributed by atoms with van der Waals surface area (Å²) in [5.41, 5.74) is 1.91. The molecule has 0 spiro atoms. The maximum absolute atomic E-state index is 13.2. The molecule has 0 saturated carbocycles. The number of hydrogen-bond donors (Lipinski definition) is 1. The van der Waals surface area contributed by atoms with Crippen LogP contribution in [0.3, 0.4) is 0 Å². The SMILES string of the molecule is CS(=O)(=O)N1CCC[C@H](C(=O)N[C@@H]2CCc3cc(F)ccc32)C1. The molecule has 1 amide bonds. The number of carbonyl (C=O) groups excluding carboxylic acids is 1. The van der Waals surface area contributed by atoms with Gasteiger partial charge in [-0.1, -0.05) is 6.07 Å². The predicted octanol–water partition coefficient (Wildman–Crippen LogP) is 1.60. The minimum absolute atomic E-state index is 0.105. The fraction of sp³-hybridized carbons (Fsp3) is 0.562. The molecule has 1 N–H and O–H groups in total. The molecule has 23 heavy (non-hydrogen) atoms. The van der Waals surface area contributed by atoms with E-state index in [9.17, 15) is 17.6 Å². The van der Waals surface area contributed by atoms with Crippen LogP contribution < -0.4 is 5.32 Å². The van der Waals surface area contributed by atoms with Gasteiger partial charge in [0.1, 0.15) is 5.82 Å². The maximum Gasteiger partial charge on any atom is 0.224 e. The van der Waals surface area contributed by atoms with Crippen molar-refractivity contribution in [2.45, 2.75) is 31.7 Å². The summed E-state index contributed by atoms with van der Waals surface area (Å²) in [6, 6.07) is 4.56. The molecule has 2 aliphatic rings. The average Bonchev–Trinajstić information content (AvgIpc) is 2.88. The summed E-state index contributed by atoms with van der Waals surface area (Å²) in [6.45, 7) is 0.724. The second kappa shape index (κ2) is 6.20. The van der Waals surface area contributed by atoms with E-state index in [4.69, 9.17) is 0 Å². The van der Waals surface area contributed by atoms with Crippen LogP contribution in [0, 0.1) is 11.7 Å². The summed E-state index contributed by atoms with van der Waals surface area (Å²) >= 11 is 0. The van der Waals surface area contributed by atoms with Gasteiger partial charge >= 0.3 is 0 Å². The van der Waals surface area contributed by atoms with E-state index in [0.29, 0.717) is 19.4 Å². The Bertz CT molecular complexity index is 720. The van der Waals surface area contributed by atoms with Crippen molar-refractivity contribution in [3.63, 3.8) is 0 Å². The van der Waals surface area contributed by atoms with Gasteiger partial charge in [0.2, 0.25) is 15.9 Å². The molecule has 1 fully saturated rings. The number of benzene rings is 1. The lowest BCUT2D eigenvalue weighted by Gasteiger charge is -2.31. The van der Waals surface area contributed by atoms with Crippen molar-refractivity contribution >= 4 is 15.9 Å². The third kappa shape index (κ3) is 3.55. The Hall–Kier alpha value is -1.47. The van der Waals surface area contributed by atoms with Gasteiger partial charge in [0.05, 0.1) is 18.2 Å². The molecular weight excluding hydrogens is 319 g/mol. The van der Waals surface area contributed by atoms with Crippen molar-refractivity contribution in [3.8, 4) is 0 Å². The van der Waals surface area contributed by atoms with Gasteiger partial charge in [-0.15, -0.1) is 0 Å². The number of hydrogen-bond acceptors (Lipinski definition) is 3. The molecule has 1 aromatic rings. The summed E-state index contributed by atoms with van der Waals surface area (Å²) in [5.74, 6) is -0.685. The molecule has 0 radical (unpaired) electrons. The Balaban J connectivity index is 1.67. The molecule has 1 heterocycles. The number of rotatable bonds is 3. The first kappa shape index (κ1) is 16.4. The van der Waals surface area contributed by atoms with Crippen molar-refractivity contribution in [1.29, 1.82) is 0 Å². The van der Waals surface area contributed by atoms with E-state index in [0.717, 1.165) is 24.0 Å². The first-order valence-corrected chi connectivity index (χ1v) is 9.73. The normalized spacial score (nSPS) is 25.1. The van der Waals surface area contributed by atoms with Crippen molar-refractivity contribution in [1.82, 2.24) is 9.62 Å². The molecule has 0 unspecified atom stereocenters. The highest BCUT2D eigenvalue weighted by atomic mass is 32.2. The van der Waals surface area contributed by atoms with Crippen LogP contribution in [0.1, 0.15) is 36.4 Å². The summed E-state index contributed by atoms with van der Waals surface area (Å²) < 4.78 is 37.9. The number of nitrogens with zero attached hydrogens (tertiary/aromatic N) is 1. The molecule has 1 aliphatic heterocycles. The number of amides is 1. The van der Waals surface area contributed by atoms with E-state index in [1.54, 1.807) is 6.07 Å². The van der Waals surface area contributed by atoms with Crippen LogP contribution in [-0.4, -0.2) is 38.0 Å². The third-order valence-corrected chi connectivity index (χ3v) is 5.99. The zero-order valence-corrected chi connectivity index (χ0v) is 13.9. The van der Waals surface area contributed by atoms with Crippen LogP contribution in [0.25, 0.3) is 0 Å². The lowest BCUT2D eigenvalue weighted by Crippen LogP contribution is -2.45. The largest absolute Gasteiger partial charge is 0.349 e. The predicted molar refractivity (Wildman–Crippen MR) is 84.7 cm³/mol. The first-order chi connectivity index (χ1) is 10.8. The van der Waals surface area contributed by atoms with Crippen molar-refractivity contribution < 1.29 is 17.6 Å². The molecule has 0 bridgehead atoms. The molecular formula is C16H21FN2O3S. The molecule has 2 atom stereocenters. The second-order valence-electron chi connectivity index (χ2n) is 6.40. The van der Waals surface area contributed by atoms with Gasteiger partial charge in [-0.3, -0.25) is 4.79 Å². The van der Waals surface area contributed by atoms with E-state index in [2.05, 4.69) is 5.32 Å². The van der Waals surface area contributed by atoms with Gasteiger partial charge in [-0.05, 0) is 48.9 Å². The number of carbonyl (C=O) groups is 1. The van der Waals surface area contributed by atoms with Crippen LogP contribution >= 0.6 is 0 Å². The number of aryl methyl sites for hydroxylation is 1. The minimum Gasteiger partial charge on any atom is -0.349 e. The third-order valence-electron chi connectivity index (χ3n) is 4.72. The molecule has 126 valence electrons. The summed E-state index contributed by atoms with van der Waals surface area (Å²) in [6.07, 6.45) is 4.07. The van der Waals surface area contributed by atoms with E-state index >= 15 is 0 Å². The van der Waals surface area contributed by atoms with E-state index in [1.165, 1.54) is 22.7 Å². The number of nitrogens with one attached hydrogen (secondary N) is 1. The standard InChI is InChI=1S/C16H21FN2O3S/c1-23(21,22)19-8-2-3-12(10-19)16(20)18-15-7-4-11-9-13(17)5-6-14(11)15/h5-6,9,12,15H,2-4,7-8,10H2,1H3,(H,18,20)/t12-,15+/m0/s1. The quantitative estimate of drug-likeness (QED) is 0.909. The van der Waals surface area contributed by atoms with Gasteiger partial charge in [0.25, 0.3) is 0 Å². The molecule has 0 aromatic heterocycles. The highest BCUT2D eigenvalue weighted by Crippen LogP contribution is 2.32. The Morgan fingerprint density at radius 1 is 1.35 bits per heavy atom. The Kier molecular flexibility index (Phi) is 4.42. The van der Waals surface area contributed by atoms with Gasteiger partial charge in [-0.2, -0.15) is 0 Å². The average molecular weight is 340 g/mol. The fourth-order valence-corrected chi connectivity index (χ4v) is 4.39. The molecule has 5 nitrogen and oxygen atoms in total. The Morgan fingerprint density at radius 2 is 2.13 bits per heavy atom. The molecule has 1 aliphatic carbocycles. The smallest absolute Gasteiger partial charge is 0.224 e. The monoisotopic (exact) mass is 340 g/mol. The second-order valence-corrected chi connectivity index (χ2v) is 8.39. The topological polar surface area (TPSA) is 66.5 Å². The molecule has 1 aromatic carbocycles. The van der Waals surface area contributed by atoms with Gasteiger partial charge < -0.3 is 5.32 Å². The number of sulfonamides is 1. The Labute approximate surface area is 135 Å². The summed E-state index contributed by atoms with van der Waals surface area (Å²) in [7, 11) is -3.26. The molecule has 3 rings (SSSR count). The van der Waals surface area contributed by atoms with Gasteiger partial charge in [0.15, 0.2) is 0 Å². The number of fused-ring (bicyclic) bond motifs is 1. The Morgan fingerprint density at radius 3 is 2.87 bits per heavy atom. The van der Waals surface area contributed by atoms with E-state index in [-0.39, 0.29) is 30.2 Å². The zero-order valence-electron chi connectivity index (χ0n) is 13.1. The van der Waals surface area contributed by atoms with Gasteiger partial charge in [-0.25, -0.2) is 17.1 Å². The maximum atomic E-state index is 13.2. The highest BCUT2D eigenvalue weighted by molar-refractivity contribution is 7.88. The van der Waals surface area contributed by atoms with E-state index in [1.807, 2.05) is 0 Å². The van der Waals surface area contributed by atoms with Crippen molar-refractivity contribution in [2.24, 2.45) is 5.92 Å². The van der Waals surface area contributed by atoms with Crippen LogP contribution in [0.4, 0.5) is 4.39 Å². The number of piperidine rings is 1. The zero-order chi connectivity index (χ0) is 16.6. The lowest BCUT2D eigenvalue weighted by atomic mass is 9.98. The van der Waals surface area contributed by atoms with Crippen molar-refractivity contribution in [3.05, 3.63) is 35.1 Å². The molecule has 7 heteroatoms. The van der Waals surface area contributed by atoms with Crippen LogP contribution in [0.15, 0.2) is 18.2 Å². The minimum atomic E-state index is -3.26. The summed E-state index contributed by atoms with van der Waals surface area (Å²) in [5, 5.41) is 3.01. The first-order valence-electron chi connectivity index (χ1n) is 7.88. The van der Waals surface area contributed by atoms with Crippen molar-refractivity contribution in [2.75, 3.05) is 19.3 Å². The summed E-state index contributed by atoms with van der Waals surface area (Å²) in [4.78, 5) is 12.5. The van der Waals surface area contributed by atoms with E-state index < -0.39 is 10.0 Å². The van der Waals surface area contributed by atoms with Crippen LogP contribution in [-0.2, 0) is 21.2 Å². The lowest BCUT2D eigenvalue weighted by molar-refractivity contribution is -0.126. The molecule has 1 saturated heterocycles. The van der Waals surface area contributed by atoms with Crippen LogP contribution in [0.2, 0.25) is 0 Å².